The van der Waals surface area contributed by atoms with Crippen LogP contribution in [-0.4, -0.2) is 107 Å². The Labute approximate surface area is 612 Å². The summed E-state index contributed by atoms with van der Waals surface area (Å²) in [6.45, 7) is 29.2. The minimum Gasteiger partial charge on any atom is -0.479 e. The maximum atomic E-state index is 12.3. The first-order valence-corrected chi connectivity index (χ1v) is 45.0. The molecule has 10 bridgehead atoms. The predicted molar refractivity (Wildman–Crippen MR) is 393 cm³/mol. The minimum absolute atomic E-state index is 0.000772. The van der Waals surface area contributed by atoms with Crippen molar-refractivity contribution in [2.75, 3.05) is 46.2 Å². The largest absolute Gasteiger partial charge is 0.479 e. The van der Waals surface area contributed by atoms with Gasteiger partial charge in [0.2, 0.25) is 0 Å². The molecule has 19 rings (SSSR count). The van der Waals surface area contributed by atoms with Gasteiger partial charge in [-0.2, -0.15) is 0 Å². The maximum absolute atomic E-state index is 12.3. The van der Waals surface area contributed by atoms with Crippen LogP contribution in [0.15, 0.2) is 121 Å². The van der Waals surface area contributed by atoms with Crippen molar-refractivity contribution >= 4 is 39.1 Å². The van der Waals surface area contributed by atoms with Crippen molar-refractivity contribution in [3.63, 3.8) is 0 Å². The van der Waals surface area contributed by atoms with Crippen LogP contribution in [0.4, 0.5) is 0 Å². The molecule has 15 saturated heterocycles. The van der Waals surface area contributed by atoms with Crippen LogP contribution in [0, 0.1) is 27.6 Å². The molecule has 0 saturated carbocycles. The number of hydrogen-bond donors (Lipinski definition) is 0. The van der Waals surface area contributed by atoms with E-state index >= 15 is 0 Å². The highest BCUT2D eigenvalue weighted by molar-refractivity contribution is 7.49. The van der Waals surface area contributed by atoms with Crippen molar-refractivity contribution in [2.45, 2.75) is 259 Å². The van der Waals surface area contributed by atoms with Gasteiger partial charge in [-0.3, -0.25) is 67.9 Å². The number of ether oxygens (including phenoxy) is 2. The van der Waals surface area contributed by atoms with Gasteiger partial charge in [0.25, 0.3) is 0 Å². The highest BCUT2D eigenvalue weighted by Crippen LogP contribution is 2.70. The van der Waals surface area contributed by atoms with Gasteiger partial charge in [0.05, 0.1) is 93.7 Å². The molecule has 0 aromatic heterocycles. The average Bonchev–Trinajstić information content (AvgIpc) is 0.725. The van der Waals surface area contributed by atoms with Crippen LogP contribution in [0.1, 0.15) is 209 Å². The third-order valence-electron chi connectivity index (χ3n) is 22.7. The van der Waals surface area contributed by atoms with E-state index in [0.717, 1.165) is 48.1 Å². The number of phosphoric acid groups is 5. The van der Waals surface area contributed by atoms with Crippen molar-refractivity contribution in [1.29, 1.82) is 0 Å². The molecule has 15 aliphatic rings. The number of fused-ring (bicyclic) bond motifs is 15. The standard InChI is InChI=1S/C24H23O5P.C15H29O4P.C14H19O5P.C14H27O4P.C9H17O4P/c25-30-27-17-23(18-28-30,19-29-30)16-26-24(20-10-4-1-5-11-20,21-12-6-2-7-13-21)22-14-8-3-9-15-22;1-5-6-7-8-9-10-11-15-12(2)17-20(16,18-13(15)3)19-14(15)4;1-4-13-14(16-12-8-6-5-7-9-12)10(2)17-20(15,19-13)18-11(14)3;1-4-5-6-7-8-9-10-14-11-16-19(15,17-12(14)2)18-13(14)3;1-4-9-5-11-14(10,12-6-9)13-8(9)7(2)3/h1-15H,16-19H2;12-14H,5-11H2,1-4H3;5-11,13H,4H2,1-3H3;12-13H,4-11H2,1-3H3;7-8H,4-6H2,1-3H3. The first kappa shape index (κ1) is 82.7. The molecule has 9 unspecified atom stereocenters. The van der Waals surface area contributed by atoms with Gasteiger partial charge in [0.15, 0.2) is 5.60 Å². The van der Waals surface area contributed by atoms with Crippen LogP contribution < -0.4 is 4.74 Å². The summed E-state index contributed by atoms with van der Waals surface area (Å²) in [5.74, 6) is 1.06. The molecule has 27 heteroatoms. The van der Waals surface area contributed by atoms with Gasteiger partial charge in [-0.1, -0.05) is 228 Å². The molecule has 22 nitrogen and oxygen atoms in total. The molecular formula is C76H115O22P5. The molecule has 0 aliphatic carbocycles. The fraction of sp³-hybridized carbons (Fsp3) is 0.684. The van der Waals surface area contributed by atoms with Gasteiger partial charge < -0.3 is 9.47 Å². The van der Waals surface area contributed by atoms with E-state index in [1.54, 1.807) is 0 Å². The molecule has 103 heavy (non-hydrogen) atoms. The number of benzene rings is 4. The third-order valence-corrected chi connectivity index (χ3v) is 30.4. The lowest BCUT2D eigenvalue weighted by molar-refractivity contribution is -0.235. The van der Waals surface area contributed by atoms with Crippen LogP contribution in [0.3, 0.4) is 0 Å². The van der Waals surface area contributed by atoms with Crippen LogP contribution in [0.2, 0.25) is 0 Å². The van der Waals surface area contributed by atoms with E-state index in [1.807, 2.05) is 140 Å². The fourth-order valence-corrected chi connectivity index (χ4v) is 25.0. The van der Waals surface area contributed by atoms with Crippen LogP contribution >= 0.6 is 39.1 Å². The molecule has 4 aromatic carbocycles. The van der Waals surface area contributed by atoms with Gasteiger partial charge in [0, 0.05) is 10.8 Å². The van der Waals surface area contributed by atoms with E-state index in [-0.39, 0.29) is 71.2 Å². The third kappa shape index (κ3) is 18.2. The zero-order valence-corrected chi connectivity index (χ0v) is 67.3. The monoisotopic (exact) mass is 1530 g/mol. The lowest BCUT2D eigenvalue weighted by Gasteiger charge is -2.56. The molecule has 0 radical (unpaired) electrons. The topological polar surface area (TPSA) is 242 Å². The molecule has 15 heterocycles. The van der Waals surface area contributed by atoms with Crippen molar-refractivity contribution in [3.05, 3.63) is 138 Å². The number of unbranched alkanes of at least 4 members (excludes halogenated alkanes) is 10. The molecule has 0 spiro atoms. The SMILES string of the molecule is CCC12COP(=O)(OC1)OC2C(C)C.CCC1OP2(=O)OC(C)C1(Oc1ccccc1)C(C)O2.CCCCCCCCC12C(C)OP(=O)(OC1C)OC2C.CCCCCCCCC12COP(=O)(OC1C)OC2C.O=P12OCC(COC(c3ccccc3)(c3ccccc3)c3ccccc3)(CO1)CO2. The van der Waals surface area contributed by atoms with Gasteiger partial charge in [-0.05, 0) is 109 Å². The van der Waals surface area contributed by atoms with E-state index in [4.69, 9.17) is 77.3 Å². The van der Waals surface area contributed by atoms with E-state index in [2.05, 4.69) is 71.0 Å². The quantitative estimate of drug-likeness (QED) is 0.0340. The Kier molecular flexibility index (Phi) is 28.1. The highest BCUT2D eigenvalue weighted by atomic mass is 31.2. The maximum Gasteiger partial charge on any atom is 0.476 e. The summed E-state index contributed by atoms with van der Waals surface area (Å²) in [4.78, 5) is 0. The van der Waals surface area contributed by atoms with Crippen molar-refractivity contribution in [3.8, 4) is 5.75 Å². The number of para-hydroxylation sites is 1. The van der Waals surface area contributed by atoms with Crippen molar-refractivity contribution in [2.24, 2.45) is 27.6 Å². The second-order valence-electron chi connectivity index (χ2n) is 29.8. The normalized spacial score (nSPS) is 38.6. The van der Waals surface area contributed by atoms with Crippen molar-refractivity contribution < 1.29 is 100 Å². The van der Waals surface area contributed by atoms with Crippen LogP contribution in [-0.2, 0) is 101 Å². The summed E-state index contributed by atoms with van der Waals surface area (Å²) >= 11 is 0. The van der Waals surface area contributed by atoms with Gasteiger partial charge in [-0.15, -0.1) is 0 Å². The summed E-state index contributed by atoms with van der Waals surface area (Å²) in [6.07, 6.45) is 17.6. The molecule has 576 valence electrons. The Bertz CT molecular complexity index is 3360. The van der Waals surface area contributed by atoms with Crippen molar-refractivity contribution in [1.82, 2.24) is 0 Å². The lowest BCUT2D eigenvalue weighted by Crippen LogP contribution is -2.69. The first-order chi connectivity index (χ1) is 49.1. The summed E-state index contributed by atoms with van der Waals surface area (Å²) < 4.78 is 154. The average molecular weight is 1540 g/mol. The van der Waals surface area contributed by atoms with Gasteiger partial charge >= 0.3 is 39.1 Å². The summed E-state index contributed by atoms with van der Waals surface area (Å²) in [7, 11) is -16.5. The van der Waals surface area contributed by atoms with E-state index < -0.39 is 55.7 Å². The molecular weight excluding hydrogens is 1420 g/mol. The molecule has 9 atom stereocenters. The van der Waals surface area contributed by atoms with E-state index in [1.165, 1.54) is 70.6 Å². The lowest BCUT2D eigenvalue weighted by atomic mass is 9.70. The molecule has 0 N–H and O–H groups in total. The molecule has 4 aromatic rings. The smallest absolute Gasteiger partial charge is 0.476 e. The molecule has 15 fully saturated rings. The fourth-order valence-electron chi connectivity index (χ4n) is 16.2. The summed E-state index contributed by atoms with van der Waals surface area (Å²) in [6, 6.07) is 40.1. The second kappa shape index (κ2) is 35.0. The van der Waals surface area contributed by atoms with Crippen LogP contribution in [0.25, 0.3) is 0 Å². The van der Waals surface area contributed by atoms with E-state index in [9.17, 15) is 22.8 Å². The van der Waals surface area contributed by atoms with Crippen LogP contribution in [0.5, 0.6) is 5.75 Å². The minimum atomic E-state index is -3.44. The highest BCUT2D eigenvalue weighted by Gasteiger charge is 2.67. The Morgan fingerprint density at radius 1 is 0.417 bits per heavy atom. The Morgan fingerprint density at radius 3 is 1.23 bits per heavy atom. The zero-order valence-electron chi connectivity index (χ0n) is 62.8. The van der Waals surface area contributed by atoms with Gasteiger partial charge in [0.1, 0.15) is 29.7 Å². The summed E-state index contributed by atoms with van der Waals surface area (Å²) in [5.41, 5.74) is 0.597. The number of hydrogen-bond acceptors (Lipinski definition) is 22. The Balaban J connectivity index is 0.000000142. The molecule has 15 aliphatic heterocycles. The first-order valence-electron chi connectivity index (χ1n) is 37.7. The number of phosphoric ester groups is 5. The van der Waals surface area contributed by atoms with Gasteiger partial charge in [-0.25, -0.2) is 22.8 Å². The van der Waals surface area contributed by atoms with E-state index in [0.29, 0.717) is 58.6 Å². The molecule has 0 amide bonds. The number of rotatable bonds is 25. The second-order valence-corrected chi connectivity index (χ2v) is 37.7. The predicted octanol–water partition coefficient (Wildman–Crippen LogP) is 21.1. The zero-order chi connectivity index (χ0) is 74.0. The Hall–Kier alpha value is -2.81. The Morgan fingerprint density at radius 2 is 0.806 bits per heavy atom. The summed E-state index contributed by atoms with van der Waals surface area (Å²) in [5, 5.41) is 0.